The van der Waals surface area contributed by atoms with Gasteiger partial charge >= 0.3 is 0 Å². The molecule has 0 aliphatic rings. The third-order valence-corrected chi connectivity index (χ3v) is 4.77. The Morgan fingerprint density at radius 3 is 2.83 bits per heavy atom. The topological polar surface area (TPSA) is 29.3 Å². The molecule has 1 aromatic carbocycles. The predicted octanol–water partition coefficient (Wildman–Crippen LogP) is 3.77. The van der Waals surface area contributed by atoms with Gasteiger partial charge in [-0.2, -0.15) is 0 Å². The molecule has 2 rings (SSSR count). The van der Waals surface area contributed by atoms with Gasteiger partial charge in [0, 0.05) is 28.1 Å². The highest BCUT2D eigenvalue weighted by atomic mass is 79.9. The van der Waals surface area contributed by atoms with Gasteiger partial charge in [0.05, 0.1) is 0 Å². The Balaban J connectivity index is 1.90. The van der Waals surface area contributed by atoms with Gasteiger partial charge < -0.3 is 10.6 Å². The molecule has 0 saturated heterocycles. The van der Waals surface area contributed by atoms with E-state index in [1.807, 2.05) is 23.5 Å². The smallest absolute Gasteiger partial charge is 0.0461 e. The number of rotatable bonds is 5. The molecule has 0 atom stereocenters. The number of benzene rings is 1. The van der Waals surface area contributed by atoms with E-state index in [0.717, 1.165) is 29.7 Å². The molecular formula is C14H17BrN2S. The van der Waals surface area contributed by atoms with Crippen LogP contribution in [0.2, 0.25) is 0 Å². The monoisotopic (exact) mass is 324 g/mol. The van der Waals surface area contributed by atoms with Crippen LogP contribution in [0.5, 0.6) is 0 Å². The number of thiophene rings is 1. The van der Waals surface area contributed by atoms with Gasteiger partial charge in [-0.15, -0.1) is 11.3 Å². The van der Waals surface area contributed by atoms with E-state index in [1.165, 1.54) is 10.4 Å². The van der Waals surface area contributed by atoms with Crippen molar-refractivity contribution in [3.05, 3.63) is 50.6 Å². The number of nitrogens with zero attached hydrogens (tertiary/aromatic N) is 1. The summed E-state index contributed by atoms with van der Waals surface area (Å²) in [5.41, 5.74) is 7.93. The Hall–Kier alpha value is -0.840. The van der Waals surface area contributed by atoms with Crippen LogP contribution >= 0.6 is 27.3 Å². The SMILES string of the molecule is CN(CCc1cccs1)Cc1cccc(N)c1Br. The highest BCUT2D eigenvalue weighted by Gasteiger charge is 2.06. The zero-order valence-corrected chi connectivity index (χ0v) is 12.8. The Morgan fingerprint density at radius 1 is 1.28 bits per heavy atom. The fraction of sp³-hybridized carbons (Fsp3) is 0.286. The summed E-state index contributed by atoms with van der Waals surface area (Å²) >= 11 is 5.37. The van der Waals surface area contributed by atoms with E-state index in [2.05, 4.69) is 51.5 Å². The number of anilines is 1. The molecule has 0 amide bonds. The van der Waals surface area contributed by atoms with Crippen LogP contribution in [-0.4, -0.2) is 18.5 Å². The fourth-order valence-electron chi connectivity index (χ4n) is 1.85. The van der Waals surface area contributed by atoms with E-state index in [1.54, 1.807) is 0 Å². The molecule has 0 spiro atoms. The molecule has 4 heteroatoms. The van der Waals surface area contributed by atoms with Crippen molar-refractivity contribution in [3.63, 3.8) is 0 Å². The third kappa shape index (κ3) is 3.57. The maximum Gasteiger partial charge on any atom is 0.0461 e. The molecule has 0 aliphatic heterocycles. The number of halogens is 1. The number of nitrogens with two attached hydrogens (primary N) is 1. The Morgan fingerprint density at radius 2 is 2.11 bits per heavy atom. The maximum absolute atomic E-state index is 5.88. The number of hydrogen-bond acceptors (Lipinski definition) is 3. The van der Waals surface area contributed by atoms with Crippen molar-refractivity contribution in [2.75, 3.05) is 19.3 Å². The number of hydrogen-bond donors (Lipinski definition) is 1. The van der Waals surface area contributed by atoms with Gasteiger partial charge in [0.1, 0.15) is 0 Å². The summed E-state index contributed by atoms with van der Waals surface area (Å²) in [6.07, 6.45) is 1.11. The van der Waals surface area contributed by atoms with Crippen LogP contribution in [0.25, 0.3) is 0 Å². The average molecular weight is 325 g/mol. The lowest BCUT2D eigenvalue weighted by Crippen LogP contribution is -2.20. The molecule has 0 radical (unpaired) electrons. The minimum Gasteiger partial charge on any atom is -0.398 e. The summed E-state index contributed by atoms with van der Waals surface area (Å²) in [6.45, 7) is 1.97. The van der Waals surface area contributed by atoms with Crippen LogP contribution in [0.1, 0.15) is 10.4 Å². The van der Waals surface area contributed by atoms with Crippen molar-refractivity contribution in [1.82, 2.24) is 4.90 Å². The molecule has 2 N–H and O–H groups in total. The van der Waals surface area contributed by atoms with Gasteiger partial charge in [0.25, 0.3) is 0 Å². The molecule has 1 heterocycles. The molecule has 0 fully saturated rings. The summed E-state index contributed by atoms with van der Waals surface area (Å²) in [4.78, 5) is 3.76. The standard InChI is InChI=1S/C14H17BrN2S/c1-17(8-7-12-5-3-9-18-12)10-11-4-2-6-13(16)14(11)15/h2-6,9H,7-8,10,16H2,1H3. The molecular weight excluding hydrogens is 308 g/mol. The van der Waals surface area contributed by atoms with Crippen LogP contribution in [0, 0.1) is 0 Å². The van der Waals surface area contributed by atoms with E-state index in [4.69, 9.17) is 5.73 Å². The Labute approximate surface area is 121 Å². The van der Waals surface area contributed by atoms with E-state index >= 15 is 0 Å². The average Bonchev–Trinajstić information content (AvgIpc) is 2.86. The van der Waals surface area contributed by atoms with E-state index < -0.39 is 0 Å². The van der Waals surface area contributed by atoms with Crippen molar-refractivity contribution in [3.8, 4) is 0 Å². The number of likely N-dealkylation sites (N-methyl/N-ethyl adjacent to an activating group) is 1. The van der Waals surface area contributed by atoms with Crippen molar-refractivity contribution >= 4 is 33.0 Å². The fourth-order valence-corrected chi connectivity index (χ4v) is 2.94. The Bertz CT molecular complexity index is 497. The van der Waals surface area contributed by atoms with Gasteiger partial charge in [-0.25, -0.2) is 0 Å². The highest BCUT2D eigenvalue weighted by molar-refractivity contribution is 9.10. The first-order valence-electron chi connectivity index (χ1n) is 5.90. The molecule has 1 aromatic heterocycles. The van der Waals surface area contributed by atoms with Crippen LogP contribution in [0.4, 0.5) is 5.69 Å². The molecule has 2 nitrogen and oxygen atoms in total. The third-order valence-electron chi connectivity index (χ3n) is 2.87. The molecule has 96 valence electrons. The van der Waals surface area contributed by atoms with Crippen LogP contribution in [0.3, 0.4) is 0 Å². The normalized spacial score (nSPS) is 11.1. The van der Waals surface area contributed by atoms with E-state index in [0.29, 0.717) is 0 Å². The van der Waals surface area contributed by atoms with Crippen molar-refractivity contribution < 1.29 is 0 Å². The lowest BCUT2D eigenvalue weighted by molar-refractivity contribution is 0.331. The summed E-state index contributed by atoms with van der Waals surface area (Å²) in [5, 5.41) is 2.13. The second kappa shape index (κ2) is 6.36. The molecule has 0 aliphatic carbocycles. The van der Waals surface area contributed by atoms with Crippen molar-refractivity contribution in [2.24, 2.45) is 0 Å². The highest BCUT2D eigenvalue weighted by Crippen LogP contribution is 2.24. The molecule has 0 unspecified atom stereocenters. The van der Waals surface area contributed by atoms with Gasteiger partial charge in [0.2, 0.25) is 0 Å². The molecule has 2 aromatic rings. The Kier molecular flexibility index (Phi) is 4.80. The maximum atomic E-state index is 5.88. The second-order valence-electron chi connectivity index (χ2n) is 4.39. The molecule has 18 heavy (non-hydrogen) atoms. The van der Waals surface area contributed by atoms with E-state index in [-0.39, 0.29) is 0 Å². The predicted molar refractivity (Wildman–Crippen MR) is 82.9 cm³/mol. The molecule has 0 saturated carbocycles. The van der Waals surface area contributed by atoms with Crippen LogP contribution < -0.4 is 5.73 Å². The largest absolute Gasteiger partial charge is 0.398 e. The van der Waals surface area contributed by atoms with Crippen molar-refractivity contribution in [2.45, 2.75) is 13.0 Å². The number of nitrogen functional groups attached to an aromatic ring is 1. The van der Waals surface area contributed by atoms with Gasteiger partial charge in [-0.1, -0.05) is 18.2 Å². The quantitative estimate of drug-likeness (QED) is 0.848. The summed E-state index contributed by atoms with van der Waals surface area (Å²) < 4.78 is 1.02. The summed E-state index contributed by atoms with van der Waals surface area (Å²) in [6, 6.07) is 10.3. The summed E-state index contributed by atoms with van der Waals surface area (Å²) in [5.74, 6) is 0. The van der Waals surface area contributed by atoms with Crippen molar-refractivity contribution in [1.29, 1.82) is 0 Å². The van der Waals surface area contributed by atoms with Crippen LogP contribution in [-0.2, 0) is 13.0 Å². The zero-order valence-electron chi connectivity index (χ0n) is 10.4. The lowest BCUT2D eigenvalue weighted by atomic mass is 10.2. The molecule has 0 bridgehead atoms. The minimum atomic E-state index is 0.805. The van der Waals surface area contributed by atoms with E-state index in [9.17, 15) is 0 Å². The van der Waals surface area contributed by atoms with Crippen LogP contribution in [0.15, 0.2) is 40.2 Å². The van der Waals surface area contributed by atoms with Gasteiger partial charge in [-0.05, 0) is 52.5 Å². The minimum absolute atomic E-state index is 0.805. The zero-order chi connectivity index (χ0) is 13.0. The summed E-state index contributed by atoms with van der Waals surface area (Å²) in [7, 11) is 2.14. The van der Waals surface area contributed by atoms with Gasteiger partial charge in [0.15, 0.2) is 0 Å². The second-order valence-corrected chi connectivity index (χ2v) is 6.21. The first kappa shape index (κ1) is 13.6. The first-order valence-corrected chi connectivity index (χ1v) is 7.58. The lowest BCUT2D eigenvalue weighted by Gasteiger charge is -2.17. The first-order chi connectivity index (χ1) is 8.66. The van der Waals surface area contributed by atoms with Gasteiger partial charge in [-0.3, -0.25) is 0 Å².